The summed E-state index contributed by atoms with van der Waals surface area (Å²) in [5.41, 5.74) is 0. The summed E-state index contributed by atoms with van der Waals surface area (Å²) in [7, 11) is 0. The fourth-order valence-corrected chi connectivity index (χ4v) is 2.60. The summed E-state index contributed by atoms with van der Waals surface area (Å²) < 4.78 is 2.17. The Balaban J connectivity index is 2.09. The van der Waals surface area contributed by atoms with Gasteiger partial charge in [0.25, 0.3) is 0 Å². The van der Waals surface area contributed by atoms with E-state index in [0.717, 1.165) is 11.7 Å². The highest BCUT2D eigenvalue weighted by Crippen LogP contribution is 2.30. The molecular weight excluding hydrogens is 210 g/mol. The van der Waals surface area contributed by atoms with E-state index in [0.29, 0.717) is 11.9 Å². The topological polar surface area (TPSA) is 30.7 Å². The van der Waals surface area contributed by atoms with E-state index >= 15 is 0 Å². The zero-order valence-corrected chi connectivity index (χ0v) is 9.95. The zero-order valence-electron chi connectivity index (χ0n) is 9.19. The maximum absolute atomic E-state index is 5.84. The number of hydrogen-bond acceptors (Lipinski definition) is 2. The molecule has 0 spiro atoms. The molecule has 0 aromatic carbocycles. The van der Waals surface area contributed by atoms with E-state index in [-0.39, 0.29) is 0 Å². The van der Waals surface area contributed by atoms with Crippen LogP contribution in [0.5, 0.6) is 0 Å². The van der Waals surface area contributed by atoms with Gasteiger partial charge >= 0.3 is 0 Å². The molecule has 1 aliphatic rings. The van der Waals surface area contributed by atoms with E-state index in [4.69, 9.17) is 11.6 Å². The summed E-state index contributed by atoms with van der Waals surface area (Å²) in [6.45, 7) is 2.34. The molecule has 0 aliphatic heterocycles. The van der Waals surface area contributed by atoms with Crippen LogP contribution in [0.3, 0.4) is 0 Å². The van der Waals surface area contributed by atoms with Crippen molar-refractivity contribution in [2.24, 2.45) is 5.92 Å². The van der Waals surface area contributed by atoms with Crippen LogP contribution in [-0.4, -0.2) is 14.8 Å². The Labute approximate surface area is 95.8 Å². The number of nitrogens with zero attached hydrogens (tertiary/aromatic N) is 3. The second kappa shape index (κ2) is 4.97. The van der Waals surface area contributed by atoms with Crippen molar-refractivity contribution in [3.05, 3.63) is 12.2 Å². The minimum absolute atomic E-state index is 0.464. The fraction of sp³-hybridized carbons (Fsp3) is 0.818. The standard InChI is InChI=1S/C11H18ClN3/c1-9-3-2-4-10(6-5-9)15-8-13-14-11(15)7-12/h8-10H,2-7H2,1H3. The van der Waals surface area contributed by atoms with Crippen molar-refractivity contribution in [1.29, 1.82) is 0 Å². The number of hydrogen-bond donors (Lipinski definition) is 0. The lowest BCUT2D eigenvalue weighted by Gasteiger charge is -2.17. The molecule has 84 valence electrons. The summed E-state index contributed by atoms with van der Waals surface area (Å²) >= 11 is 5.84. The third kappa shape index (κ3) is 2.51. The third-order valence-electron chi connectivity index (χ3n) is 3.39. The molecule has 1 saturated carbocycles. The summed E-state index contributed by atoms with van der Waals surface area (Å²) in [4.78, 5) is 0. The number of alkyl halides is 1. The molecule has 2 unspecified atom stereocenters. The maximum Gasteiger partial charge on any atom is 0.148 e. The van der Waals surface area contributed by atoms with Crippen LogP contribution in [0.1, 0.15) is 50.9 Å². The molecule has 0 bridgehead atoms. The minimum Gasteiger partial charge on any atom is -0.313 e. The SMILES string of the molecule is CC1CCCC(n2cnnc2CCl)CC1. The molecule has 0 radical (unpaired) electrons. The first kappa shape index (κ1) is 10.9. The summed E-state index contributed by atoms with van der Waals surface area (Å²) in [5, 5.41) is 7.99. The molecular formula is C11H18ClN3. The Hall–Kier alpha value is -0.570. The average molecular weight is 228 g/mol. The summed E-state index contributed by atoms with van der Waals surface area (Å²) in [6, 6.07) is 0.568. The molecule has 1 heterocycles. The van der Waals surface area contributed by atoms with Crippen molar-refractivity contribution in [2.45, 2.75) is 50.9 Å². The highest BCUT2D eigenvalue weighted by molar-refractivity contribution is 6.16. The Morgan fingerprint density at radius 2 is 2.27 bits per heavy atom. The zero-order chi connectivity index (χ0) is 10.7. The maximum atomic E-state index is 5.84. The Morgan fingerprint density at radius 3 is 3.07 bits per heavy atom. The van der Waals surface area contributed by atoms with Crippen molar-refractivity contribution in [2.75, 3.05) is 0 Å². The highest BCUT2D eigenvalue weighted by atomic mass is 35.5. The predicted octanol–water partition coefficient (Wildman–Crippen LogP) is 3.16. The van der Waals surface area contributed by atoms with Gasteiger partial charge in [0.05, 0.1) is 5.88 Å². The molecule has 0 saturated heterocycles. The van der Waals surface area contributed by atoms with Crippen molar-refractivity contribution in [1.82, 2.24) is 14.8 Å². The van der Waals surface area contributed by atoms with Gasteiger partial charge < -0.3 is 4.57 Å². The van der Waals surface area contributed by atoms with E-state index in [1.807, 2.05) is 6.33 Å². The smallest absolute Gasteiger partial charge is 0.148 e. The lowest BCUT2D eigenvalue weighted by Crippen LogP contribution is -2.10. The van der Waals surface area contributed by atoms with Gasteiger partial charge in [0.2, 0.25) is 0 Å². The van der Waals surface area contributed by atoms with Crippen molar-refractivity contribution >= 4 is 11.6 Å². The molecule has 1 aromatic rings. The monoisotopic (exact) mass is 227 g/mol. The van der Waals surface area contributed by atoms with Gasteiger partial charge in [0.15, 0.2) is 0 Å². The lowest BCUT2D eigenvalue weighted by atomic mass is 10.0. The first-order valence-electron chi connectivity index (χ1n) is 5.75. The second-order valence-corrected chi connectivity index (χ2v) is 4.82. The van der Waals surface area contributed by atoms with Gasteiger partial charge in [0, 0.05) is 6.04 Å². The van der Waals surface area contributed by atoms with Crippen molar-refractivity contribution < 1.29 is 0 Å². The quantitative estimate of drug-likeness (QED) is 0.574. The van der Waals surface area contributed by atoms with Crippen LogP contribution < -0.4 is 0 Å². The molecule has 3 nitrogen and oxygen atoms in total. The van der Waals surface area contributed by atoms with Crippen LogP contribution in [0.2, 0.25) is 0 Å². The molecule has 1 aromatic heterocycles. The number of halogens is 1. The molecule has 0 N–H and O–H groups in total. The largest absolute Gasteiger partial charge is 0.313 e. The first-order valence-corrected chi connectivity index (χ1v) is 6.29. The van der Waals surface area contributed by atoms with Crippen LogP contribution in [-0.2, 0) is 5.88 Å². The molecule has 4 heteroatoms. The van der Waals surface area contributed by atoms with Gasteiger partial charge in [-0.05, 0) is 25.2 Å². The number of rotatable bonds is 2. The molecule has 2 atom stereocenters. The van der Waals surface area contributed by atoms with Gasteiger partial charge in [-0.15, -0.1) is 21.8 Å². The fourth-order valence-electron chi connectivity index (χ4n) is 2.41. The molecule has 1 aliphatic carbocycles. The summed E-state index contributed by atoms with van der Waals surface area (Å²) in [6.07, 6.45) is 8.29. The van der Waals surface area contributed by atoms with Crippen LogP contribution in [0.15, 0.2) is 6.33 Å². The average Bonchev–Trinajstić information content (AvgIpc) is 2.61. The van der Waals surface area contributed by atoms with Crippen LogP contribution >= 0.6 is 11.6 Å². The van der Waals surface area contributed by atoms with Gasteiger partial charge in [-0.3, -0.25) is 0 Å². The third-order valence-corrected chi connectivity index (χ3v) is 3.63. The van der Waals surface area contributed by atoms with Crippen molar-refractivity contribution in [3.8, 4) is 0 Å². The summed E-state index contributed by atoms with van der Waals surface area (Å²) in [5.74, 6) is 2.24. The van der Waals surface area contributed by atoms with E-state index in [1.54, 1.807) is 0 Å². The number of aromatic nitrogens is 3. The van der Waals surface area contributed by atoms with Crippen molar-refractivity contribution in [3.63, 3.8) is 0 Å². The second-order valence-electron chi connectivity index (χ2n) is 4.56. The molecule has 0 amide bonds. The first-order chi connectivity index (χ1) is 7.31. The molecule has 15 heavy (non-hydrogen) atoms. The van der Waals surface area contributed by atoms with Gasteiger partial charge in [0.1, 0.15) is 12.2 Å². The Kier molecular flexibility index (Phi) is 3.62. The highest BCUT2D eigenvalue weighted by Gasteiger charge is 2.19. The predicted molar refractivity (Wildman–Crippen MR) is 60.9 cm³/mol. The van der Waals surface area contributed by atoms with Crippen LogP contribution in [0.25, 0.3) is 0 Å². The molecule has 1 fully saturated rings. The lowest BCUT2D eigenvalue weighted by molar-refractivity contribution is 0.424. The van der Waals surface area contributed by atoms with Gasteiger partial charge in [-0.1, -0.05) is 19.8 Å². The Bertz CT molecular complexity index is 311. The molecule has 2 rings (SSSR count). The van der Waals surface area contributed by atoms with Gasteiger partial charge in [-0.25, -0.2) is 0 Å². The Morgan fingerprint density at radius 1 is 1.40 bits per heavy atom. The van der Waals surface area contributed by atoms with Gasteiger partial charge in [-0.2, -0.15) is 0 Å². The van der Waals surface area contributed by atoms with E-state index in [9.17, 15) is 0 Å². The van der Waals surface area contributed by atoms with Crippen LogP contribution in [0.4, 0.5) is 0 Å². The minimum atomic E-state index is 0.464. The normalized spacial score (nSPS) is 27.6. The van der Waals surface area contributed by atoms with E-state index < -0.39 is 0 Å². The van der Waals surface area contributed by atoms with Crippen LogP contribution in [0, 0.1) is 5.92 Å². The van der Waals surface area contributed by atoms with E-state index in [1.165, 1.54) is 32.1 Å². The van der Waals surface area contributed by atoms with E-state index in [2.05, 4.69) is 21.7 Å².